The number of aromatic nitrogens is 1. The summed E-state index contributed by atoms with van der Waals surface area (Å²) >= 11 is 1.56. The highest BCUT2D eigenvalue weighted by atomic mass is 32.1. The largest absolute Gasteiger partial charge is 0.347 e. The molecule has 1 aromatic heterocycles. The Morgan fingerprint density at radius 3 is 2.88 bits per heavy atom. The lowest BCUT2D eigenvalue weighted by Crippen LogP contribution is -2.34. The van der Waals surface area contributed by atoms with E-state index in [2.05, 4.69) is 15.6 Å². The number of hydrogen-bond acceptors (Lipinski definition) is 4. The summed E-state index contributed by atoms with van der Waals surface area (Å²) in [6, 6.07) is 0.217. The van der Waals surface area contributed by atoms with Gasteiger partial charge in [0.1, 0.15) is 5.01 Å². The molecule has 2 atom stereocenters. The van der Waals surface area contributed by atoms with E-state index in [1.807, 2.05) is 26.2 Å². The van der Waals surface area contributed by atoms with Crippen LogP contribution in [0.15, 0.2) is 11.6 Å². The highest BCUT2D eigenvalue weighted by Crippen LogP contribution is 2.14. The lowest BCUT2D eigenvalue weighted by atomic mass is 10.2. The molecule has 2 unspecified atom stereocenters. The number of nitrogens with one attached hydrogen (secondary N) is 2. The molecule has 0 aliphatic heterocycles. The topological polar surface area (TPSA) is 54.0 Å². The van der Waals surface area contributed by atoms with E-state index in [-0.39, 0.29) is 18.0 Å². The lowest BCUT2D eigenvalue weighted by Gasteiger charge is -2.15. The molecule has 1 aromatic rings. The first-order valence-electron chi connectivity index (χ1n) is 5.55. The summed E-state index contributed by atoms with van der Waals surface area (Å²) in [5.74, 6) is 0.0659. The number of carbonyl (C=O) groups is 1. The minimum absolute atomic E-state index is 0.00123. The van der Waals surface area contributed by atoms with Crippen LogP contribution in [0.4, 0.5) is 0 Å². The second kappa shape index (κ2) is 6.60. The fraction of sp³-hybridized carbons (Fsp3) is 0.636. The van der Waals surface area contributed by atoms with Crippen molar-refractivity contribution in [2.45, 2.75) is 39.3 Å². The molecule has 2 N–H and O–H groups in total. The predicted molar refractivity (Wildman–Crippen MR) is 66.4 cm³/mol. The third kappa shape index (κ3) is 4.28. The molecule has 0 aromatic carbocycles. The van der Waals surface area contributed by atoms with Gasteiger partial charge in [-0.05, 0) is 20.4 Å². The molecule has 0 radical (unpaired) electrons. The van der Waals surface area contributed by atoms with Crippen LogP contribution in [0.1, 0.15) is 38.2 Å². The van der Waals surface area contributed by atoms with Crippen LogP contribution < -0.4 is 10.6 Å². The summed E-state index contributed by atoms with van der Waals surface area (Å²) in [7, 11) is 0. The van der Waals surface area contributed by atoms with Crippen LogP contribution in [0.5, 0.6) is 0 Å². The standard InChI is InChI=1S/C11H19N3OS/c1-4-12-8(2)7-10(15)14-9(3)11-13-5-6-16-11/h5-6,8-9,12H,4,7H2,1-3H3,(H,14,15). The summed E-state index contributed by atoms with van der Waals surface area (Å²) in [4.78, 5) is 15.8. The summed E-state index contributed by atoms with van der Waals surface area (Å²) in [5, 5.41) is 9.02. The molecule has 1 rings (SSSR count). The molecular weight excluding hydrogens is 222 g/mol. The Morgan fingerprint density at radius 2 is 2.31 bits per heavy atom. The van der Waals surface area contributed by atoms with Crippen molar-refractivity contribution in [1.82, 2.24) is 15.6 Å². The van der Waals surface area contributed by atoms with Crippen LogP contribution in [0.2, 0.25) is 0 Å². The third-order valence-electron chi connectivity index (χ3n) is 2.24. The van der Waals surface area contributed by atoms with Crippen LogP contribution in [0, 0.1) is 0 Å². The molecule has 90 valence electrons. The molecule has 0 bridgehead atoms. The summed E-state index contributed by atoms with van der Waals surface area (Å²) in [5.41, 5.74) is 0. The van der Waals surface area contributed by atoms with Gasteiger partial charge in [-0.1, -0.05) is 6.92 Å². The zero-order valence-electron chi connectivity index (χ0n) is 9.99. The van der Waals surface area contributed by atoms with Gasteiger partial charge in [-0.2, -0.15) is 0 Å². The highest BCUT2D eigenvalue weighted by Gasteiger charge is 2.13. The first-order chi connectivity index (χ1) is 7.63. The number of hydrogen-bond donors (Lipinski definition) is 2. The monoisotopic (exact) mass is 241 g/mol. The van der Waals surface area contributed by atoms with Crippen molar-refractivity contribution in [1.29, 1.82) is 0 Å². The number of nitrogens with zero attached hydrogens (tertiary/aromatic N) is 1. The zero-order valence-corrected chi connectivity index (χ0v) is 10.8. The second-order valence-electron chi connectivity index (χ2n) is 3.82. The van der Waals surface area contributed by atoms with E-state index in [9.17, 15) is 4.79 Å². The number of thiazole rings is 1. The van der Waals surface area contributed by atoms with Crippen LogP contribution in [0.25, 0.3) is 0 Å². The Morgan fingerprint density at radius 1 is 1.56 bits per heavy atom. The normalized spacial score (nSPS) is 14.4. The average Bonchev–Trinajstić information content (AvgIpc) is 2.69. The molecule has 0 spiro atoms. The first-order valence-corrected chi connectivity index (χ1v) is 6.43. The molecule has 0 aliphatic rings. The van der Waals surface area contributed by atoms with E-state index in [1.165, 1.54) is 0 Å². The van der Waals surface area contributed by atoms with Crippen molar-refractivity contribution in [2.24, 2.45) is 0 Å². The first kappa shape index (κ1) is 13.1. The Labute approximate surface area is 100 Å². The van der Waals surface area contributed by atoms with E-state index in [0.717, 1.165) is 11.6 Å². The van der Waals surface area contributed by atoms with E-state index in [1.54, 1.807) is 17.5 Å². The maximum Gasteiger partial charge on any atom is 0.222 e. The minimum Gasteiger partial charge on any atom is -0.347 e. The quantitative estimate of drug-likeness (QED) is 0.797. The third-order valence-corrected chi connectivity index (χ3v) is 3.20. The van der Waals surface area contributed by atoms with Gasteiger partial charge in [-0.25, -0.2) is 4.98 Å². The van der Waals surface area contributed by atoms with Gasteiger partial charge in [-0.15, -0.1) is 11.3 Å². The Balaban J connectivity index is 2.34. The van der Waals surface area contributed by atoms with Crippen molar-refractivity contribution < 1.29 is 4.79 Å². The van der Waals surface area contributed by atoms with Gasteiger partial charge in [0.2, 0.25) is 5.91 Å². The molecule has 0 aliphatic carbocycles. The second-order valence-corrected chi connectivity index (χ2v) is 4.75. The summed E-state index contributed by atoms with van der Waals surface area (Å²) in [6.45, 7) is 6.88. The van der Waals surface area contributed by atoms with Gasteiger partial charge in [0.05, 0.1) is 6.04 Å². The van der Waals surface area contributed by atoms with E-state index >= 15 is 0 Å². The van der Waals surface area contributed by atoms with Crippen LogP contribution >= 0.6 is 11.3 Å². The SMILES string of the molecule is CCNC(C)CC(=O)NC(C)c1nccs1. The van der Waals surface area contributed by atoms with Crippen LogP contribution in [-0.4, -0.2) is 23.5 Å². The van der Waals surface area contributed by atoms with E-state index in [4.69, 9.17) is 0 Å². The minimum atomic E-state index is 0.00123. The van der Waals surface area contributed by atoms with Gasteiger partial charge in [0, 0.05) is 24.0 Å². The van der Waals surface area contributed by atoms with Crippen molar-refractivity contribution >= 4 is 17.2 Å². The lowest BCUT2D eigenvalue weighted by molar-refractivity contribution is -0.122. The fourth-order valence-electron chi connectivity index (χ4n) is 1.51. The van der Waals surface area contributed by atoms with Crippen LogP contribution in [-0.2, 0) is 4.79 Å². The number of amides is 1. The Bertz CT molecular complexity index is 313. The highest BCUT2D eigenvalue weighted by molar-refractivity contribution is 7.09. The molecule has 1 heterocycles. The van der Waals surface area contributed by atoms with Gasteiger partial charge in [0.15, 0.2) is 0 Å². The van der Waals surface area contributed by atoms with E-state index in [0.29, 0.717) is 6.42 Å². The maximum atomic E-state index is 11.7. The smallest absolute Gasteiger partial charge is 0.222 e. The van der Waals surface area contributed by atoms with Crippen LogP contribution in [0.3, 0.4) is 0 Å². The summed E-state index contributed by atoms with van der Waals surface area (Å²) < 4.78 is 0. The number of carbonyl (C=O) groups excluding carboxylic acids is 1. The molecule has 0 saturated carbocycles. The van der Waals surface area contributed by atoms with Crippen molar-refractivity contribution in [3.8, 4) is 0 Å². The molecule has 4 nitrogen and oxygen atoms in total. The zero-order chi connectivity index (χ0) is 12.0. The number of rotatable bonds is 6. The maximum absolute atomic E-state index is 11.7. The molecule has 0 fully saturated rings. The summed E-state index contributed by atoms with van der Waals surface area (Å²) in [6.07, 6.45) is 2.26. The Kier molecular flexibility index (Phi) is 5.42. The van der Waals surface area contributed by atoms with Crippen molar-refractivity contribution in [3.63, 3.8) is 0 Å². The van der Waals surface area contributed by atoms with Gasteiger partial charge >= 0.3 is 0 Å². The molecule has 5 heteroatoms. The predicted octanol–water partition coefficient (Wildman–Crippen LogP) is 1.71. The van der Waals surface area contributed by atoms with E-state index < -0.39 is 0 Å². The molecular formula is C11H19N3OS. The fourth-order valence-corrected chi connectivity index (χ4v) is 2.16. The average molecular weight is 241 g/mol. The molecule has 16 heavy (non-hydrogen) atoms. The Hall–Kier alpha value is -0.940. The molecule has 1 amide bonds. The van der Waals surface area contributed by atoms with Gasteiger partial charge < -0.3 is 10.6 Å². The van der Waals surface area contributed by atoms with Gasteiger partial charge in [-0.3, -0.25) is 4.79 Å². The van der Waals surface area contributed by atoms with Gasteiger partial charge in [0.25, 0.3) is 0 Å². The van der Waals surface area contributed by atoms with Crippen molar-refractivity contribution in [3.05, 3.63) is 16.6 Å². The molecule has 0 saturated heterocycles. The van der Waals surface area contributed by atoms with Crippen molar-refractivity contribution in [2.75, 3.05) is 6.54 Å².